The molecule has 1 aromatic carbocycles. The Morgan fingerprint density at radius 3 is 2.92 bits per heavy atom. The lowest BCUT2D eigenvalue weighted by Crippen LogP contribution is -2.04. The summed E-state index contributed by atoms with van der Waals surface area (Å²) in [4.78, 5) is 3.19. The maximum absolute atomic E-state index is 3.19. The molecular weight excluding hydrogens is 184 g/mol. The Labute approximate surface area is 83.8 Å². The zero-order valence-corrected chi connectivity index (χ0v) is 8.32. The van der Waals surface area contributed by atoms with Crippen LogP contribution in [-0.4, -0.2) is 12.0 Å². The molecule has 2 nitrogen and oxygen atoms in total. The highest BCUT2D eigenvalue weighted by atomic mass is 35.5. The first-order valence-electron chi connectivity index (χ1n) is 4.11. The van der Waals surface area contributed by atoms with Gasteiger partial charge >= 0.3 is 0 Å². The van der Waals surface area contributed by atoms with E-state index < -0.39 is 0 Å². The monoisotopic (exact) mass is 196 g/mol. The minimum Gasteiger partial charge on any atom is -0.361 e. The van der Waals surface area contributed by atoms with Crippen LogP contribution in [0.25, 0.3) is 10.9 Å². The van der Waals surface area contributed by atoms with Gasteiger partial charge in [-0.05, 0) is 30.1 Å². The van der Waals surface area contributed by atoms with Gasteiger partial charge in [-0.3, -0.25) is 0 Å². The molecule has 3 heteroatoms. The molecule has 1 heterocycles. The molecule has 0 atom stereocenters. The third kappa shape index (κ3) is 2.02. The molecule has 2 aromatic rings. The van der Waals surface area contributed by atoms with Crippen LogP contribution in [0.5, 0.6) is 0 Å². The normalized spacial score (nSPS) is 9.92. The van der Waals surface area contributed by atoms with E-state index in [1.54, 1.807) is 0 Å². The molecule has 1 aromatic heterocycles. The van der Waals surface area contributed by atoms with Gasteiger partial charge in [0, 0.05) is 18.3 Å². The van der Waals surface area contributed by atoms with Crippen molar-refractivity contribution in [2.45, 2.75) is 6.54 Å². The van der Waals surface area contributed by atoms with Crippen LogP contribution in [0.15, 0.2) is 30.5 Å². The van der Waals surface area contributed by atoms with Crippen molar-refractivity contribution in [3.8, 4) is 0 Å². The smallest absolute Gasteiger partial charge is 0.0457 e. The standard InChI is InChI=1S/C10H12N2.ClH/c1-11-7-8-2-3-9-4-5-12-10(9)6-8;/h2-6,11-12H,7H2,1H3;1H. The molecule has 0 saturated carbocycles. The number of hydrogen-bond acceptors (Lipinski definition) is 1. The summed E-state index contributed by atoms with van der Waals surface area (Å²) >= 11 is 0. The van der Waals surface area contributed by atoms with E-state index in [1.807, 2.05) is 13.2 Å². The topological polar surface area (TPSA) is 27.8 Å². The van der Waals surface area contributed by atoms with Crippen LogP contribution in [0.1, 0.15) is 5.56 Å². The Kier molecular flexibility index (Phi) is 3.34. The molecule has 0 aliphatic heterocycles. The molecule has 2 N–H and O–H groups in total. The van der Waals surface area contributed by atoms with Gasteiger partial charge in [-0.25, -0.2) is 0 Å². The van der Waals surface area contributed by atoms with E-state index in [1.165, 1.54) is 16.5 Å². The summed E-state index contributed by atoms with van der Waals surface area (Å²) < 4.78 is 0. The number of hydrogen-bond donors (Lipinski definition) is 2. The number of aromatic amines is 1. The lowest BCUT2D eigenvalue weighted by molar-refractivity contribution is 0.819. The fraction of sp³-hybridized carbons (Fsp3) is 0.200. The van der Waals surface area contributed by atoms with Gasteiger partial charge in [0.2, 0.25) is 0 Å². The van der Waals surface area contributed by atoms with Crippen LogP contribution in [0.4, 0.5) is 0 Å². The Morgan fingerprint density at radius 1 is 1.31 bits per heavy atom. The summed E-state index contributed by atoms with van der Waals surface area (Å²) in [5.41, 5.74) is 2.52. The van der Waals surface area contributed by atoms with E-state index in [4.69, 9.17) is 0 Å². The SMILES string of the molecule is CNCc1ccc2cc[nH]c2c1.Cl. The number of H-pyrrole nitrogens is 1. The molecule has 0 saturated heterocycles. The predicted molar refractivity (Wildman–Crippen MR) is 58.3 cm³/mol. The molecule has 0 bridgehead atoms. The highest BCUT2D eigenvalue weighted by Crippen LogP contribution is 2.13. The second-order valence-electron chi connectivity index (χ2n) is 2.93. The highest BCUT2D eigenvalue weighted by molar-refractivity contribution is 5.85. The number of halogens is 1. The molecule has 0 fully saturated rings. The summed E-state index contributed by atoms with van der Waals surface area (Å²) in [6, 6.07) is 8.54. The van der Waals surface area contributed by atoms with E-state index in [9.17, 15) is 0 Å². The van der Waals surface area contributed by atoms with Gasteiger partial charge in [0.25, 0.3) is 0 Å². The molecule has 0 aliphatic rings. The average Bonchev–Trinajstić information content (AvgIpc) is 2.51. The second-order valence-corrected chi connectivity index (χ2v) is 2.93. The predicted octanol–water partition coefficient (Wildman–Crippen LogP) is 2.31. The van der Waals surface area contributed by atoms with E-state index in [2.05, 4.69) is 34.6 Å². The molecule has 70 valence electrons. The van der Waals surface area contributed by atoms with Gasteiger partial charge in [0.15, 0.2) is 0 Å². The fourth-order valence-corrected chi connectivity index (χ4v) is 1.41. The largest absolute Gasteiger partial charge is 0.361 e. The van der Waals surface area contributed by atoms with Gasteiger partial charge in [-0.1, -0.05) is 12.1 Å². The van der Waals surface area contributed by atoms with E-state index in [0.29, 0.717) is 0 Å². The Balaban J connectivity index is 0.000000845. The lowest BCUT2D eigenvalue weighted by atomic mass is 10.2. The van der Waals surface area contributed by atoms with Crippen molar-refractivity contribution < 1.29 is 0 Å². The van der Waals surface area contributed by atoms with Crippen molar-refractivity contribution in [1.29, 1.82) is 0 Å². The minimum absolute atomic E-state index is 0. The third-order valence-electron chi connectivity index (χ3n) is 2.00. The summed E-state index contributed by atoms with van der Waals surface area (Å²) in [7, 11) is 1.96. The second kappa shape index (κ2) is 4.30. The third-order valence-corrected chi connectivity index (χ3v) is 2.00. The average molecular weight is 197 g/mol. The molecule has 0 radical (unpaired) electrons. The summed E-state index contributed by atoms with van der Waals surface area (Å²) in [6.07, 6.45) is 1.97. The number of rotatable bonds is 2. The van der Waals surface area contributed by atoms with Crippen LogP contribution >= 0.6 is 12.4 Å². The highest BCUT2D eigenvalue weighted by Gasteiger charge is 1.94. The van der Waals surface area contributed by atoms with E-state index in [0.717, 1.165) is 6.54 Å². The molecular formula is C10H13ClN2. The van der Waals surface area contributed by atoms with Crippen molar-refractivity contribution in [3.63, 3.8) is 0 Å². The summed E-state index contributed by atoms with van der Waals surface area (Å²) in [5, 5.41) is 4.40. The molecule has 0 unspecified atom stereocenters. The zero-order chi connectivity index (χ0) is 8.39. The van der Waals surface area contributed by atoms with Gasteiger partial charge in [-0.2, -0.15) is 0 Å². The lowest BCUT2D eigenvalue weighted by Gasteiger charge is -1.98. The molecule has 13 heavy (non-hydrogen) atoms. The Hall–Kier alpha value is -0.990. The van der Waals surface area contributed by atoms with E-state index >= 15 is 0 Å². The Bertz CT molecular complexity index is 381. The Morgan fingerprint density at radius 2 is 2.15 bits per heavy atom. The van der Waals surface area contributed by atoms with E-state index in [-0.39, 0.29) is 12.4 Å². The van der Waals surface area contributed by atoms with Crippen LogP contribution in [0.3, 0.4) is 0 Å². The summed E-state index contributed by atoms with van der Waals surface area (Å²) in [6.45, 7) is 0.926. The first kappa shape index (κ1) is 10.1. The minimum atomic E-state index is 0. The number of benzene rings is 1. The van der Waals surface area contributed by atoms with Gasteiger partial charge in [-0.15, -0.1) is 12.4 Å². The first-order chi connectivity index (χ1) is 5.90. The zero-order valence-electron chi connectivity index (χ0n) is 7.50. The van der Waals surface area contributed by atoms with Gasteiger partial charge < -0.3 is 10.3 Å². The van der Waals surface area contributed by atoms with Crippen LogP contribution in [-0.2, 0) is 6.54 Å². The molecule has 2 rings (SSSR count). The maximum atomic E-state index is 3.19. The van der Waals surface area contributed by atoms with Gasteiger partial charge in [0.1, 0.15) is 0 Å². The first-order valence-corrected chi connectivity index (χ1v) is 4.11. The van der Waals surface area contributed by atoms with Crippen molar-refractivity contribution >= 4 is 23.3 Å². The summed E-state index contributed by atoms with van der Waals surface area (Å²) in [5.74, 6) is 0. The number of aromatic nitrogens is 1. The molecule has 0 aliphatic carbocycles. The van der Waals surface area contributed by atoms with Crippen LogP contribution in [0.2, 0.25) is 0 Å². The van der Waals surface area contributed by atoms with Crippen LogP contribution < -0.4 is 5.32 Å². The fourth-order valence-electron chi connectivity index (χ4n) is 1.41. The number of nitrogens with one attached hydrogen (secondary N) is 2. The molecule has 0 amide bonds. The van der Waals surface area contributed by atoms with Crippen molar-refractivity contribution in [3.05, 3.63) is 36.0 Å². The van der Waals surface area contributed by atoms with Crippen molar-refractivity contribution in [1.82, 2.24) is 10.3 Å². The van der Waals surface area contributed by atoms with Crippen molar-refractivity contribution in [2.75, 3.05) is 7.05 Å². The van der Waals surface area contributed by atoms with Crippen molar-refractivity contribution in [2.24, 2.45) is 0 Å². The number of fused-ring (bicyclic) bond motifs is 1. The van der Waals surface area contributed by atoms with Gasteiger partial charge in [0.05, 0.1) is 0 Å². The van der Waals surface area contributed by atoms with Crippen LogP contribution in [0, 0.1) is 0 Å². The maximum Gasteiger partial charge on any atom is 0.0457 e. The quantitative estimate of drug-likeness (QED) is 0.758. The molecule has 0 spiro atoms.